The Kier molecular flexibility index (Phi) is 9.19. The number of morpholine rings is 1. The lowest BCUT2D eigenvalue weighted by Gasteiger charge is -2.38. The number of halogens is 5. The van der Waals surface area contributed by atoms with E-state index in [2.05, 4.69) is 10.3 Å². The van der Waals surface area contributed by atoms with Gasteiger partial charge in [-0.2, -0.15) is 13.2 Å². The fourth-order valence-corrected chi connectivity index (χ4v) is 5.29. The Balaban J connectivity index is 1.44. The molecule has 16 heteroatoms. The third kappa shape index (κ3) is 6.34. The molecule has 2 aliphatic rings. The summed E-state index contributed by atoms with van der Waals surface area (Å²) in [5, 5.41) is 2.26. The first-order valence-corrected chi connectivity index (χ1v) is 14.0. The molecule has 246 valence electrons. The molecule has 2 atom stereocenters. The van der Waals surface area contributed by atoms with E-state index in [9.17, 15) is 27.6 Å². The van der Waals surface area contributed by atoms with Crippen LogP contribution >= 0.6 is 0 Å². The molecule has 1 N–H and O–H groups in total. The minimum absolute atomic E-state index is 0.100. The molecule has 1 aromatic heterocycles. The normalized spacial score (nSPS) is 17.0. The minimum Gasteiger partial charge on any atom is -0.486 e. The van der Waals surface area contributed by atoms with Crippen molar-refractivity contribution < 1.29 is 50.5 Å². The van der Waals surface area contributed by atoms with Crippen molar-refractivity contribution in [1.82, 2.24) is 14.9 Å². The summed E-state index contributed by atoms with van der Waals surface area (Å²) in [6, 6.07) is 0.723. The molecular formula is C30H29F5N4O7. The van der Waals surface area contributed by atoms with Crippen LogP contribution in [-0.2, 0) is 27.7 Å². The second-order valence-electron chi connectivity index (χ2n) is 10.6. The SMILES string of the molecule is COC(=O)[C@H](Cc1ccc(-c2cnc(C)n(C)c2=O)c2c1OCCO2)NC(=O)c1c(F)cc(N2CCOC[C@@H]2C(F)(F)F)cc1F. The highest BCUT2D eigenvalue weighted by atomic mass is 19.4. The van der Waals surface area contributed by atoms with Gasteiger partial charge >= 0.3 is 12.1 Å². The van der Waals surface area contributed by atoms with Gasteiger partial charge in [-0.25, -0.2) is 18.6 Å². The van der Waals surface area contributed by atoms with Crippen LogP contribution < -0.4 is 25.2 Å². The quantitative estimate of drug-likeness (QED) is 0.303. The van der Waals surface area contributed by atoms with Crippen LogP contribution in [-0.4, -0.2) is 79.8 Å². The van der Waals surface area contributed by atoms with E-state index in [-0.39, 0.29) is 55.4 Å². The topological polar surface area (TPSA) is 121 Å². The van der Waals surface area contributed by atoms with Crippen LogP contribution in [0.4, 0.5) is 27.6 Å². The van der Waals surface area contributed by atoms with Gasteiger partial charge < -0.3 is 29.2 Å². The first kappa shape index (κ1) is 32.7. The summed E-state index contributed by atoms with van der Waals surface area (Å²) < 4.78 is 93.7. The number of benzene rings is 2. The van der Waals surface area contributed by atoms with E-state index in [1.165, 1.54) is 10.8 Å². The number of aryl methyl sites for hydroxylation is 1. The van der Waals surface area contributed by atoms with E-state index in [0.717, 1.165) is 12.0 Å². The number of aromatic nitrogens is 2. The van der Waals surface area contributed by atoms with Crippen molar-refractivity contribution in [2.45, 2.75) is 31.6 Å². The number of ether oxygens (including phenoxy) is 4. The van der Waals surface area contributed by atoms with Gasteiger partial charge in [-0.05, 0) is 25.1 Å². The predicted octanol–water partition coefficient (Wildman–Crippen LogP) is 3.09. The van der Waals surface area contributed by atoms with Crippen LogP contribution in [0.3, 0.4) is 0 Å². The number of nitrogens with one attached hydrogen (secondary N) is 1. The molecule has 11 nitrogen and oxygen atoms in total. The summed E-state index contributed by atoms with van der Waals surface area (Å²) in [4.78, 5) is 43.8. The number of carbonyl (C=O) groups is 2. The maximum Gasteiger partial charge on any atom is 0.411 e. The van der Waals surface area contributed by atoms with Gasteiger partial charge in [-0.15, -0.1) is 0 Å². The fraction of sp³-hybridized carbons (Fsp3) is 0.400. The highest BCUT2D eigenvalue weighted by molar-refractivity contribution is 5.97. The van der Waals surface area contributed by atoms with Crippen LogP contribution in [0, 0.1) is 18.6 Å². The van der Waals surface area contributed by atoms with Crippen LogP contribution in [0.15, 0.2) is 35.3 Å². The second-order valence-corrected chi connectivity index (χ2v) is 10.6. The van der Waals surface area contributed by atoms with E-state index in [4.69, 9.17) is 18.9 Å². The van der Waals surface area contributed by atoms with E-state index >= 15 is 8.78 Å². The van der Waals surface area contributed by atoms with Gasteiger partial charge in [0.15, 0.2) is 11.5 Å². The molecule has 0 radical (unpaired) electrons. The molecule has 2 aromatic carbocycles. The van der Waals surface area contributed by atoms with E-state index in [0.29, 0.717) is 29.1 Å². The van der Waals surface area contributed by atoms with Gasteiger partial charge in [-0.3, -0.25) is 14.2 Å². The molecule has 3 heterocycles. The molecule has 0 saturated carbocycles. The number of carbonyl (C=O) groups excluding carboxylic acids is 2. The fourth-order valence-electron chi connectivity index (χ4n) is 5.29. The Morgan fingerprint density at radius 2 is 1.76 bits per heavy atom. The van der Waals surface area contributed by atoms with Crippen LogP contribution in [0.5, 0.6) is 11.5 Å². The first-order valence-electron chi connectivity index (χ1n) is 14.0. The van der Waals surface area contributed by atoms with E-state index in [1.54, 1.807) is 26.1 Å². The Hall–Kier alpha value is -4.73. The van der Waals surface area contributed by atoms with Crippen molar-refractivity contribution in [2.75, 3.05) is 45.0 Å². The van der Waals surface area contributed by atoms with Gasteiger partial charge in [0.25, 0.3) is 11.5 Å². The number of alkyl halides is 3. The number of amides is 1. The van der Waals surface area contributed by atoms with Crippen molar-refractivity contribution in [1.29, 1.82) is 0 Å². The number of fused-ring (bicyclic) bond motifs is 1. The molecule has 0 unspecified atom stereocenters. The Bertz CT molecular complexity index is 1710. The lowest BCUT2D eigenvalue weighted by molar-refractivity contribution is -0.167. The lowest BCUT2D eigenvalue weighted by Crippen LogP contribution is -2.53. The molecule has 46 heavy (non-hydrogen) atoms. The van der Waals surface area contributed by atoms with E-state index < -0.39 is 59.6 Å². The first-order chi connectivity index (χ1) is 21.8. The summed E-state index contributed by atoms with van der Waals surface area (Å²) in [5.74, 6) is -4.30. The molecule has 2 aliphatic heterocycles. The maximum absolute atomic E-state index is 15.2. The van der Waals surface area contributed by atoms with Crippen molar-refractivity contribution in [3.8, 4) is 22.6 Å². The van der Waals surface area contributed by atoms with E-state index in [1.807, 2.05) is 0 Å². The number of rotatable bonds is 7. The molecule has 1 amide bonds. The zero-order valence-corrected chi connectivity index (χ0v) is 24.9. The third-order valence-corrected chi connectivity index (χ3v) is 7.77. The van der Waals surface area contributed by atoms with Crippen LogP contribution in [0.2, 0.25) is 0 Å². The van der Waals surface area contributed by atoms with Gasteiger partial charge in [0.05, 0.1) is 25.9 Å². The molecule has 5 rings (SSSR count). The Morgan fingerprint density at radius 3 is 2.41 bits per heavy atom. The number of methoxy groups -OCH3 is 1. The Morgan fingerprint density at radius 1 is 1.09 bits per heavy atom. The van der Waals surface area contributed by atoms with Gasteiger partial charge in [0, 0.05) is 43.0 Å². The van der Waals surface area contributed by atoms with Gasteiger partial charge in [0.2, 0.25) is 0 Å². The molecular weight excluding hydrogens is 623 g/mol. The average molecular weight is 653 g/mol. The summed E-state index contributed by atoms with van der Waals surface area (Å²) in [6.45, 7) is 0.838. The third-order valence-electron chi connectivity index (χ3n) is 7.77. The second kappa shape index (κ2) is 12.9. The maximum atomic E-state index is 15.2. The van der Waals surface area contributed by atoms with Crippen molar-refractivity contribution in [3.05, 3.63) is 69.4 Å². The van der Waals surface area contributed by atoms with Crippen LogP contribution in [0.25, 0.3) is 11.1 Å². The predicted molar refractivity (Wildman–Crippen MR) is 152 cm³/mol. The number of hydrogen-bond acceptors (Lipinski definition) is 9. The number of nitrogens with zero attached hydrogens (tertiary/aromatic N) is 3. The molecule has 3 aromatic rings. The number of hydrogen-bond donors (Lipinski definition) is 1. The lowest BCUT2D eigenvalue weighted by atomic mass is 9.98. The van der Waals surface area contributed by atoms with Crippen molar-refractivity contribution >= 4 is 17.6 Å². The average Bonchev–Trinajstić information content (AvgIpc) is 3.02. The van der Waals surface area contributed by atoms with Crippen LogP contribution in [0.1, 0.15) is 21.7 Å². The molecule has 0 aliphatic carbocycles. The van der Waals surface area contributed by atoms with Gasteiger partial charge in [-0.1, -0.05) is 6.07 Å². The zero-order valence-electron chi connectivity index (χ0n) is 24.9. The summed E-state index contributed by atoms with van der Waals surface area (Å²) in [6.07, 6.45) is -3.62. The highest BCUT2D eigenvalue weighted by Crippen LogP contribution is 2.42. The molecule has 1 fully saturated rings. The number of anilines is 1. The van der Waals surface area contributed by atoms with Gasteiger partial charge in [0.1, 0.15) is 48.3 Å². The summed E-state index contributed by atoms with van der Waals surface area (Å²) in [7, 11) is 2.62. The zero-order chi connectivity index (χ0) is 33.3. The number of esters is 1. The largest absolute Gasteiger partial charge is 0.486 e. The monoisotopic (exact) mass is 652 g/mol. The molecule has 0 bridgehead atoms. The van der Waals surface area contributed by atoms with Crippen molar-refractivity contribution in [3.63, 3.8) is 0 Å². The summed E-state index contributed by atoms with van der Waals surface area (Å²) in [5.41, 5.74) is -0.921. The smallest absolute Gasteiger partial charge is 0.411 e. The molecule has 1 saturated heterocycles. The Labute approximate surface area is 258 Å². The van der Waals surface area contributed by atoms with Crippen molar-refractivity contribution in [2.24, 2.45) is 7.05 Å². The standard InChI is InChI=1S/C30H29F5N4O7/c1-15-36-13-19(28(41)38(15)2)18-5-4-16(25-26(18)46-9-8-45-25)10-22(29(42)43-3)37-27(40)24-20(31)11-17(12-21(24)32)39-6-7-44-14-23(39)30(33,34)35/h4-5,11-13,22-23H,6-10,14H2,1-3H3,(H,37,40)/t22-,23+/m0/s1. The highest BCUT2D eigenvalue weighted by Gasteiger charge is 2.46. The summed E-state index contributed by atoms with van der Waals surface area (Å²) >= 11 is 0. The minimum atomic E-state index is -4.74. The molecule has 0 spiro atoms.